The highest BCUT2D eigenvalue weighted by atomic mass is 15.6. The molecular weight excluding hydrogens is 292 g/mol. The Bertz CT molecular complexity index is 927. The van der Waals surface area contributed by atoms with Gasteiger partial charge in [-0.3, -0.25) is 0 Å². The van der Waals surface area contributed by atoms with E-state index in [1.165, 1.54) is 4.63 Å². The summed E-state index contributed by atoms with van der Waals surface area (Å²) in [5.74, 6) is 0.789. The van der Waals surface area contributed by atoms with Crippen molar-refractivity contribution in [1.29, 1.82) is 0 Å². The molecule has 0 unspecified atom stereocenters. The molecule has 0 aliphatic rings. The first-order valence-corrected chi connectivity index (χ1v) is 7.15. The van der Waals surface area contributed by atoms with Crippen LogP contribution in [0.5, 0.6) is 0 Å². The number of hydrogen-bond acceptors (Lipinski definition) is 6. The van der Waals surface area contributed by atoms with Crippen LogP contribution in [-0.4, -0.2) is 42.1 Å². The Morgan fingerprint density at radius 3 is 2.83 bits per heavy atom. The van der Waals surface area contributed by atoms with E-state index in [0.717, 1.165) is 17.1 Å². The molecule has 0 spiro atoms. The van der Waals surface area contributed by atoms with Gasteiger partial charge in [-0.25, -0.2) is 4.68 Å². The van der Waals surface area contributed by atoms with Gasteiger partial charge in [0.2, 0.25) is 0 Å². The fraction of sp³-hybridized carbons (Fsp3) is 0.133. The molecule has 3 heterocycles. The minimum atomic E-state index is 0.624. The molecule has 0 aliphatic carbocycles. The van der Waals surface area contributed by atoms with Crippen LogP contribution < -0.4 is 4.90 Å². The van der Waals surface area contributed by atoms with Crippen LogP contribution in [0.3, 0.4) is 0 Å². The topological polar surface area (TPSA) is 77.0 Å². The van der Waals surface area contributed by atoms with E-state index >= 15 is 0 Å². The molecule has 3 aromatic heterocycles. The lowest BCUT2D eigenvalue weighted by Gasteiger charge is -2.16. The molecule has 0 aliphatic heterocycles. The van der Waals surface area contributed by atoms with Gasteiger partial charge in [-0.15, -0.1) is 14.8 Å². The summed E-state index contributed by atoms with van der Waals surface area (Å²) in [5, 5.41) is 20.0. The van der Waals surface area contributed by atoms with Crippen LogP contribution in [0.25, 0.3) is 11.3 Å². The summed E-state index contributed by atoms with van der Waals surface area (Å²) >= 11 is 0. The van der Waals surface area contributed by atoms with E-state index in [-0.39, 0.29) is 0 Å². The molecule has 0 atom stereocenters. The second-order valence-corrected chi connectivity index (χ2v) is 5.20. The number of para-hydroxylation sites is 1. The number of benzene rings is 1. The monoisotopic (exact) mass is 306 g/mol. The van der Waals surface area contributed by atoms with Crippen molar-refractivity contribution < 1.29 is 0 Å². The number of fused-ring (bicyclic) bond motifs is 1. The van der Waals surface area contributed by atoms with Gasteiger partial charge in [-0.1, -0.05) is 18.2 Å². The Morgan fingerprint density at radius 2 is 1.96 bits per heavy atom. The molecule has 23 heavy (non-hydrogen) atoms. The van der Waals surface area contributed by atoms with E-state index in [4.69, 9.17) is 0 Å². The first kappa shape index (κ1) is 13.4. The van der Waals surface area contributed by atoms with E-state index in [1.807, 2.05) is 71.5 Å². The van der Waals surface area contributed by atoms with E-state index < -0.39 is 0 Å². The van der Waals surface area contributed by atoms with Crippen LogP contribution in [0, 0.1) is 0 Å². The SMILES string of the molecule is CN(Cc1cnn(-c2ccccc2)c1)c1ccc2nnnn2n1. The lowest BCUT2D eigenvalue weighted by Crippen LogP contribution is -2.18. The zero-order valence-electron chi connectivity index (χ0n) is 12.5. The molecule has 0 amide bonds. The Balaban J connectivity index is 1.54. The molecule has 8 nitrogen and oxygen atoms in total. The van der Waals surface area contributed by atoms with Gasteiger partial charge in [0.25, 0.3) is 0 Å². The summed E-state index contributed by atoms with van der Waals surface area (Å²) in [4.78, 5) is 2.02. The summed E-state index contributed by atoms with van der Waals surface area (Å²) in [5.41, 5.74) is 2.75. The zero-order chi connectivity index (χ0) is 15.6. The third-order valence-corrected chi connectivity index (χ3v) is 3.52. The van der Waals surface area contributed by atoms with Crippen LogP contribution in [0.1, 0.15) is 5.56 Å². The average Bonchev–Trinajstić information content (AvgIpc) is 3.24. The fourth-order valence-corrected chi connectivity index (χ4v) is 2.36. The second-order valence-electron chi connectivity index (χ2n) is 5.20. The number of hydrogen-bond donors (Lipinski definition) is 0. The fourth-order valence-electron chi connectivity index (χ4n) is 2.36. The summed E-state index contributed by atoms with van der Waals surface area (Å²) in [6, 6.07) is 13.8. The van der Waals surface area contributed by atoms with Gasteiger partial charge < -0.3 is 4.90 Å². The van der Waals surface area contributed by atoms with Gasteiger partial charge in [-0.05, 0) is 34.7 Å². The zero-order valence-corrected chi connectivity index (χ0v) is 12.5. The van der Waals surface area contributed by atoms with Gasteiger partial charge in [0, 0.05) is 25.4 Å². The average molecular weight is 306 g/mol. The van der Waals surface area contributed by atoms with Crippen LogP contribution in [0.4, 0.5) is 5.82 Å². The highest BCUT2D eigenvalue weighted by molar-refractivity contribution is 5.44. The van der Waals surface area contributed by atoms with Crippen molar-refractivity contribution in [2.75, 3.05) is 11.9 Å². The van der Waals surface area contributed by atoms with Gasteiger partial charge in [-0.2, -0.15) is 5.10 Å². The van der Waals surface area contributed by atoms with Gasteiger partial charge in [0.15, 0.2) is 11.5 Å². The number of rotatable bonds is 4. The molecule has 0 saturated heterocycles. The van der Waals surface area contributed by atoms with Crippen molar-refractivity contribution in [1.82, 2.24) is 35.0 Å². The molecule has 0 bridgehead atoms. The van der Waals surface area contributed by atoms with Crippen LogP contribution in [0.15, 0.2) is 54.9 Å². The Kier molecular flexibility index (Phi) is 3.19. The molecule has 0 N–H and O–H groups in total. The van der Waals surface area contributed by atoms with Crippen molar-refractivity contribution in [2.45, 2.75) is 6.54 Å². The molecule has 114 valence electrons. The molecular formula is C15H14N8. The maximum atomic E-state index is 4.41. The molecule has 4 aromatic rings. The normalized spacial score (nSPS) is 11.0. The van der Waals surface area contributed by atoms with Crippen LogP contribution in [-0.2, 0) is 6.54 Å². The lowest BCUT2D eigenvalue weighted by atomic mass is 10.3. The summed E-state index contributed by atoms with van der Waals surface area (Å²) in [7, 11) is 1.97. The predicted octanol–water partition coefficient (Wildman–Crippen LogP) is 1.34. The van der Waals surface area contributed by atoms with Gasteiger partial charge in [0.05, 0.1) is 11.9 Å². The Labute approximate surface area is 132 Å². The van der Waals surface area contributed by atoms with E-state index in [1.54, 1.807) is 0 Å². The molecule has 4 rings (SSSR count). The largest absolute Gasteiger partial charge is 0.354 e. The van der Waals surface area contributed by atoms with Gasteiger partial charge in [0.1, 0.15) is 0 Å². The third kappa shape index (κ3) is 2.61. The number of aromatic nitrogens is 7. The maximum absolute atomic E-state index is 4.41. The first-order chi connectivity index (χ1) is 11.3. The minimum Gasteiger partial charge on any atom is -0.354 e. The Hall–Kier alpha value is -3.29. The van der Waals surface area contributed by atoms with Crippen molar-refractivity contribution in [3.05, 3.63) is 60.4 Å². The standard InChI is InChI=1S/C15H14N8/c1-21(15-8-7-14-17-19-20-23(14)18-15)10-12-9-16-22(11-12)13-5-3-2-4-6-13/h2-9,11H,10H2,1H3. The molecule has 0 saturated carbocycles. The molecule has 0 radical (unpaired) electrons. The van der Waals surface area contributed by atoms with Crippen molar-refractivity contribution in [3.63, 3.8) is 0 Å². The maximum Gasteiger partial charge on any atom is 0.200 e. The summed E-state index contributed by atoms with van der Waals surface area (Å²) < 4.78 is 3.28. The predicted molar refractivity (Wildman–Crippen MR) is 84.2 cm³/mol. The highest BCUT2D eigenvalue weighted by Crippen LogP contribution is 2.14. The molecule has 1 aromatic carbocycles. The second kappa shape index (κ2) is 5.48. The van der Waals surface area contributed by atoms with E-state index in [9.17, 15) is 0 Å². The number of anilines is 1. The van der Waals surface area contributed by atoms with Crippen molar-refractivity contribution in [2.24, 2.45) is 0 Å². The lowest BCUT2D eigenvalue weighted by molar-refractivity contribution is 0.720. The van der Waals surface area contributed by atoms with Crippen molar-refractivity contribution in [3.8, 4) is 5.69 Å². The highest BCUT2D eigenvalue weighted by Gasteiger charge is 2.08. The number of nitrogens with zero attached hydrogens (tertiary/aromatic N) is 8. The summed E-state index contributed by atoms with van der Waals surface area (Å²) in [6.07, 6.45) is 3.88. The molecule has 8 heteroatoms. The van der Waals surface area contributed by atoms with Crippen LogP contribution in [0.2, 0.25) is 0 Å². The smallest absolute Gasteiger partial charge is 0.200 e. The minimum absolute atomic E-state index is 0.624. The van der Waals surface area contributed by atoms with E-state index in [2.05, 4.69) is 25.7 Å². The van der Waals surface area contributed by atoms with Gasteiger partial charge >= 0.3 is 0 Å². The van der Waals surface area contributed by atoms with E-state index in [0.29, 0.717) is 12.2 Å². The third-order valence-electron chi connectivity index (χ3n) is 3.52. The molecule has 0 fully saturated rings. The number of tetrazole rings is 1. The first-order valence-electron chi connectivity index (χ1n) is 7.15. The quantitative estimate of drug-likeness (QED) is 0.566. The Morgan fingerprint density at radius 1 is 1.09 bits per heavy atom. The van der Waals surface area contributed by atoms with Crippen LogP contribution >= 0.6 is 0 Å². The van der Waals surface area contributed by atoms with Crippen molar-refractivity contribution >= 4 is 11.5 Å². The summed E-state index contributed by atoms with van der Waals surface area (Å²) in [6.45, 7) is 0.688.